The second-order valence-electron chi connectivity index (χ2n) is 5.35. The molecule has 1 atom stereocenters. The van der Waals surface area contributed by atoms with Crippen LogP contribution in [0.1, 0.15) is 19.3 Å². The van der Waals surface area contributed by atoms with Crippen LogP contribution in [0.2, 0.25) is 0 Å². The number of nitrogens with one attached hydrogen (secondary N) is 2. The molecule has 7 nitrogen and oxygen atoms in total. The Kier molecular flexibility index (Phi) is 7.32. The van der Waals surface area contributed by atoms with E-state index in [9.17, 15) is 14.7 Å². The Hall–Kier alpha value is -1.34. The second kappa shape index (κ2) is 8.76. The lowest BCUT2D eigenvalue weighted by molar-refractivity contribution is -0.120. The molecule has 0 aromatic heterocycles. The van der Waals surface area contributed by atoms with Crippen LogP contribution in [0.15, 0.2) is 0 Å². The van der Waals surface area contributed by atoms with Gasteiger partial charge in [-0.3, -0.25) is 4.79 Å². The number of carbonyl (C=O) groups excluding carboxylic acids is 2. The molecule has 20 heavy (non-hydrogen) atoms. The highest BCUT2D eigenvalue weighted by Gasteiger charge is 2.16. The van der Waals surface area contributed by atoms with Gasteiger partial charge in [-0.05, 0) is 32.4 Å². The number of hydrogen-bond acceptors (Lipinski definition) is 4. The molecule has 0 spiro atoms. The Morgan fingerprint density at radius 3 is 2.75 bits per heavy atom. The minimum Gasteiger partial charge on any atom is -0.392 e. The molecule has 0 radical (unpaired) electrons. The zero-order valence-corrected chi connectivity index (χ0v) is 12.4. The molecule has 0 bridgehead atoms. The SMILES string of the molecule is CN(C)C(=O)NCC(=O)NCCCN1CCC[C@@H](O)C1. The Bertz CT molecular complexity index is 323. The smallest absolute Gasteiger partial charge is 0.317 e. The van der Waals surface area contributed by atoms with Crippen molar-refractivity contribution >= 4 is 11.9 Å². The standard InChI is InChI=1S/C13H26N4O3/c1-16(2)13(20)15-9-12(19)14-6-4-8-17-7-3-5-11(18)10-17/h11,18H,3-10H2,1-2H3,(H,14,19)(H,15,20)/t11-/m1/s1. The summed E-state index contributed by atoms with van der Waals surface area (Å²) < 4.78 is 0. The Balaban J connectivity index is 2.03. The second-order valence-corrected chi connectivity index (χ2v) is 5.35. The summed E-state index contributed by atoms with van der Waals surface area (Å²) in [4.78, 5) is 26.3. The van der Waals surface area contributed by atoms with Crippen molar-refractivity contribution in [1.82, 2.24) is 20.4 Å². The third-order valence-electron chi connectivity index (χ3n) is 3.26. The predicted molar refractivity (Wildman–Crippen MR) is 76.4 cm³/mol. The topological polar surface area (TPSA) is 84.9 Å². The summed E-state index contributed by atoms with van der Waals surface area (Å²) in [5.41, 5.74) is 0. The van der Waals surface area contributed by atoms with Gasteiger partial charge in [0.25, 0.3) is 0 Å². The van der Waals surface area contributed by atoms with Crippen LogP contribution < -0.4 is 10.6 Å². The molecule has 1 rings (SSSR count). The number of likely N-dealkylation sites (tertiary alicyclic amines) is 1. The first-order valence-corrected chi connectivity index (χ1v) is 7.11. The van der Waals surface area contributed by atoms with E-state index in [-0.39, 0.29) is 24.6 Å². The van der Waals surface area contributed by atoms with E-state index >= 15 is 0 Å². The van der Waals surface area contributed by atoms with E-state index in [4.69, 9.17) is 0 Å². The normalized spacial score (nSPS) is 19.4. The highest BCUT2D eigenvalue weighted by Crippen LogP contribution is 2.09. The van der Waals surface area contributed by atoms with Crippen LogP contribution in [0.3, 0.4) is 0 Å². The molecule has 1 fully saturated rings. The van der Waals surface area contributed by atoms with Crippen LogP contribution in [0.5, 0.6) is 0 Å². The number of amides is 3. The quantitative estimate of drug-likeness (QED) is 0.559. The molecule has 1 heterocycles. The van der Waals surface area contributed by atoms with Crippen molar-refractivity contribution in [3.63, 3.8) is 0 Å². The van der Waals surface area contributed by atoms with Gasteiger partial charge in [0.15, 0.2) is 0 Å². The molecule has 1 saturated heterocycles. The molecule has 7 heteroatoms. The third kappa shape index (κ3) is 6.72. The average molecular weight is 286 g/mol. The van der Waals surface area contributed by atoms with Gasteiger partial charge in [-0.1, -0.05) is 0 Å². The molecule has 3 N–H and O–H groups in total. The summed E-state index contributed by atoms with van der Waals surface area (Å²) >= 11 is 0. The number of aliphatic hydroxyl groups excluding tert-OH is 1. The van der Waals surface area contributed by atoms with Crippen molar-refractivity contribution in [3.8, 4) is 0 Å². The van der Waals surface area contributed by atoms with Gasteiger partial charge in [0.2, 0.25) is 5.91 Å². The summed E-state index contributed by atoms with van der Waals surface area (Å²) in [6.07, 6.45) is 2.56. The highest BCUT2D eigenvalue weighted by atomic mass is 16.3. The Labute approximate surface area is 120 Å². The lowest BCUT2D eigenvalue weighted by Gasteiger charge is -2.29. The van der Waals surface area contributed by atoms with E-state index in [1.807, 2.05) is 0 Å². The van der Waals surface area contributed by atoms with Crippen LogP contribution in [0.4, 0.5) is 4.79 Å². The lowest BCUT2D eigenvalue weighted by atomic mass is 10.1. The molecule has 1 aliphatic heterocycles. The van der Waals surface area contributed by atoms with Gasteiger partial charge in [0.05, 0.1) is 12.6 Å². The third-order valence-corrected chi connectivity index (χ3v) is 3.26. The molecule has 1 aliphatic rings. The van der Waals surface area contributed by atoms with E-state index < -0.39 is 0 Å². The van der Waals surface area contributed by atoms with Gasteiger partial charge in [0.1, 0.15) is 0 Å². The van der Waals surface area contributed by atoms with Crippen LogP contribution >= 0.6 is 0 Å². The number of piperidine rings is 1. The number of aliphatic hydroxyl groups is 1. The zero-order valence-electron chi connectivity index (χ0n) is 12.4. The van der Waals surface area contributed by atoms with Gasteiger partial charge in [-0.2, -0.15) is 0 Å². The van der Waals surface area contributed by atoms with Crippen LogP contribution in [0.25, 0.3) is 0 Å². The summed E-state index contributed by atoms with van der Waals surface area (Å²) in [5.74, 6) is -0.182. The zero-order chi connectivity index (χ0) is 15.0. The average Bonchev–Trinajstić information content (AvgIpc) is 2.41. The number of hydrogen-bond donors (Lipinski definition) is 3. The molecule has 0 saturated carbocycles. The van der Waals surface area contributed by atoms with E-state index in [2.05, 4.69) is 15.5 Å². The Morgan fingerprint density at radius 1 is 1.35 bits per heavy atom. The minimum absolute atomic E-state index is 0.000554. The molecule has 0 aliphatic carbocycles. The number of β-amino-alcohol motifs (C(OH)–C–C–N with tert-alkyl or cyclic N) is 1. The fourth-order valence-corrected chi connectivity index (χ4v) is 2.14. The van der Waals surface area contributed by atoms with Crippen molar-refractivity contribution in [3.05, 3.63) is 0 Å². The molecule has 0 aromatic carbocycles. The van der Waals surface area contributed by atoms with Crippen molar-refractivity contribution in [2.75, 3.05) is 46.8 Å². The summed E-state index contributed by atoms with van der Waals surface area (Å²) in [6.45, 7) is 3.21. The molecular formula is C13H26N4O3. The van der Waals surface area contributed by atoms with Crippen LogP contribution in [-0.4, -0.2) is 79.8 Å². The monoisotopic (exact) mass is 286 g/mol. The summed E-state index contributed by atoms with van der Waals surface area (Å²) in [5, 5.41) is 14.8. The van der Waals surface area contributed by atoms with E-state index in [0.717, 1.165) is 38.9 Å². The first-order chi connectivity index (χ1) is 9.49. The van der Waals surface area contributed by atoms with Crippen molar-refractivity contribution < 1.29 is 14.7 Å². The summed E-state index contributed by atoms with van der Waals surface area (Å²) in [7, 11) is 3.25. The van der Waals surface area contributed by atoms with Gasteiger partial charge in [-0.15, -0.1) is 0 Å². The molecule has 3 amide bonds. The van der Waals surface area contributed by atoms with Gasteiger partial charge in [0, 0.05) is 27.2 Å². The van der Waals surface area contributed by atoms with Gasteiger partial charge in [-0.25, -0.2) is 4.79 Å². The molecule has 0 unspecified atom stereocenters. The number of nitrogens with zero attached hydrogens (tertiary/aromatic N) is 2. The maximum absolute atomic E-state index is 11.5. The first-order valence-electron chi connectivity index (χ1n) is 7.11. The predicted octanol–water partition coefficient (Wildman–Crippen LogP) is -0.779. The fourth-order valence-electron chi connectivity index (χ4n) is 2.14. The largest absolute Gasteiger partial charge is 0.392 e. The van der Waals surface area contributed by atoms with E-state index in [1.165, 1.54) is 4.90 Å². The van der Waals surface area contributed by atoms with Crippen molar-refractivity contribution in [2.45, 2.75) is 25.4 Å². The maximum Gasteiger partial charge on any atom is 0.317 e. The van der Waals surface area contributed by atoms with Gasteiger partial charge >= 0.3 is 6.03 Å². The highest BCUT2D eigenvalue weighted by molar-refractivity contribution is 5.83. The minimum atomic E-state index is -0.276. The number of urea groups is 1. The van der Waals surface area contributed by atoms with Gasteiger partial charge < -0.3 is 25.5 Å². The number of carbonyl (C=O) groups is 2. The van der Waals surface area contributed by atoms with E-state index in [1.54, 1.807) is 14.1 Å². The molecular weight excluding hydrogens is 260 g/mol. The first kappa shape index (κ1) is 16.7. The van der Waals surface area contributed by atoms with Crippen LogP contribution in [-0.2, 0) is 4.79 Å². The fraction of sp³-hybridized carbons (Fsp3) is 0.846. The number of rotatable bonds is 6. The van der Waals surface area contributed by atoms with E-state index in [0.29, 0.717) is 6.54 Å². The lowest BCUT2D eigenvalue weighted by Crippen LogP contribution is -2.42. The van der Waals surface area contributed by atoms with Crippen LogP contribution in [0, 0.1) is 0 Å². The Morgan fingerprint density at radius 2 is 2.10 bits per heavy atom. The summed E-state index contributed by atoms with van der Waals surface area (Å²) in [6, 6.07) is -0.276. The molecule has 0 aromatic rings. The molecule has 116 valence electrons. The maximum atomic E-state index is 11.5. The van der Waals surface area contributed by atoms with Crippen molar-refractivity contribution in [1.29, 1.82) is 0 Å². The van der Waals surface area contributed by atoms with Crippen molar-refractivity contribution in [2.24, 2.45) is 0 Å².